The van der Waals surface area contributed by atoms with Crippen LogP contribution in [-0.4, -0.2) is 22.5 Å². The molecule has 1 heterocycles. The summed E-state index contributed by atoms with van der Waals surface area (Å²) in [5.41, 5.74) is 4.39. The van der Waals surface area contributed by atoms with Gasteiger partial charge in [-0.15, -0.1) is 0 Å². The van der Waals surface area contributed by atoms with Crippen molar-refractivity contribution in [3.05, 3.63) is 96.2 Å². The predicted octanol–water partition coefficient (Wildman–Crippen LogP) is 4.66. The zero-order valence-corrected chi connectivity index (χ0v) is 15.8. The van der Waals surface area contributed by atoms with Gasteiger partial charge in [0.15, 0.2) is 0 Å². The number of hydrogen-bond acceptors (Lipinski definition) is 4. The van der Waals surface area contributed by atoms with E-state index in [1.54, 1.807) is 24.4 Å². The Labute approximate surface area is 169 Å². The molecule has 5 nitrogen and oxygen atoms in total. The number of fused-ring (bicyclic) bond motifs is 1. The molecular weight excluding hydrogens is 362 g/mol. The van der Waals surface area contributed by atoms with E-state index in [1.165, 1.54) is 0 Å². The minimum Gasteiger partial charge on any atom is -0.508 e. The number of phenolic OH excluding ortho intramolecular Hbond substituents is 1. The first-order valence-corrected chi connectivity index (χ1v) is 9.45. The zero-order valence-electron chi connectivity index (χ0n) is 15.8. The average Bonchev–Trinajstić information content (AvgIpc) is 2.75. The van der Waals surface area contributed by atoms with Crippen molar-refractivity contribution >= 4 is 28.2 Å². The van der Waals surface area contributed by atoms with Crippen LogP contribution in [0, 0.1) is 0 Å². The average molecular weight is 383 g/mol. The fourth-order valence-corrected chi connectivity index (χ4v) is 3.14. The molecule has 4 aromatic rings. The van der Waals surface area contributed by atoms with Crippen LogP contribution in [0.5, 0.6) is 5.75 Å². The summed E-state index contributed by atoms with van der Waals surface area (Å²) in [5, 5.41) is 16.7. The Bertz CT molecular complexity index is 1140. The number of aromatic hydroxyl groups is 1. The SMILES string of the molecule is O=C(NCCc1ccc(O)cc1)c1cccc(Nc2ccc3ncccc3c2)c1. The van der Waals surface area contributed by atoms with Gasteiger partial charge in [-0.2, -0.15) is 0 Å². The summed E-state index contributed by atoms with van der Waals surface area (Å²) in [7, 11) is 0. The Morgan fingerprint density at radius 2 is 1.72 bits per heavy atom. The summed E-state index contributed by atoms with van der Waals surface area (Å²) >= 11 is 0. The predicted molar refractivity (Wildman–Crippen MR) is 116 cm³/mol. The van der Waals surface area contributed by atoms with Gasteiger partial charge in [-0.05, 0) is 66.6 Å². The molecule has 0 spiro atoms. The molecule has 0 saturated carbocycles. The van der Waals surface area contributed by atoms with Crippen molar-refractivity contribution in [2.45, 2.75) is 6.42 Å². The van der Waals surface area contributed by atoms with Gasteiger partial charge >= 0.3 is 0 Å². The molecule has 3 aromatic carbocycles. The normalized spacial score (nSPS) is 10.6. The molecule has 0 radical (unpaired) electrons. The van der Waals surface area contributed by atoms with Crippen LogP contribution in [0.25, 0.3) is 10.9 Å². The van der Waals surface area contributed by atoms with Gasteiger partial charge in [-0.1, -0.05) is 24.3 Å². The third-order valence-corrected chi connectivity index (χ3v) is 4.65. The number of rotatable bonds is 6. The molecule has 0 aliphatic carbocycles. The monoisotopic (exact) mass is 383 g/mol. The molecule has 5 heteroatoms. The van der Waals surface area contributed by atoms with Crippen LogP contribution in [-0.2, 0) is 6.42 Å². The number of hydrogen-bond donors (Lipinski definition) is 3. The van der Waals surface area contributed by atoms with Gasteiger partial charge in [-0.25, -0.2) is 0 Å². The van der Waals surface area contributed by atoms with Crippen molar-refractivity contribution < 1.29 is 9.90 Å². The molecule has 3 N–H and O–H groups in total. The van der Waals surface area contributed by atoms with Gasteiger partial charge in [0.1, 0.15) is 5.75 Å². The highest BCUT2D eigenvalue weighted by molar-refractivity contribution is 5.95. The molecule has 0 bridgehead atoms. The Balaban J connectivity index is 1.39. The topological polar surface area (TPSA) is 74.2 Å². The Morgan fingerprint density at radius 1 is 0.897 bits per heavy atom. The minimum absolute atomic E-state index is 0.116. The van der Waals surface area contributed by atoms with Crippen molar-refractivity contribution in [2.24, 2.45) is 0 Å². The van der Waals surface area contributed by atoms with E-state index in [1.807, 2.05) is 60.7 Å². The van der Waals surface area contributed by atoms with E-state index in [0.29, 0.717) is 18.5 Å². The van der Waals surface area contributed by atoms with Gasteiger partial charge in [0.25, 0.3) is 5.91 Å². The highest BCUT2D eigenvalue weighted by Gasteiger charge is 2.06. The maximum Gasteiger partial charge on any atom is 0.251 e. The van der Waals surface area contributed by atoms with Crippen LogP contribution in [0.3, 0.4) is 0 Å². The van der Waals surface area contributed by atoms with E-state index >= 15 is 0 Å². The highest BCUT2D eigenvalue weighted by atomic mass is 16.3. The molecule has 4 rings (SSSR count). The van der Waals surface area contributed by atoms with E-state index in [4.69, 9.17) is 0 Å². The van der Waals surface area contributed by atoms with E-state index in [9.17, 15) is 9.90 Å². The molecule has 0 aliphatic rings. The number of carbonyl (C=O) groups is 1. The first kappa shape index (κ1) is 18.5. The number of carbonyl (C=O) groups excluding carboxylic acids is 1. The van der Waals surface area contributed by atoms with Gasteiger partial charge in [-0.3, -0.25) is 9.78 Å². The lowest BCUT2D eigenvalue weighted by Gasteiger charge is -2.10. The van der Waals surface area contributed by atoms with Crippen LogP contribution in [0.2, 0.25) is 0 Å². The number of pyridine rings is 1. The van der Waals surface area contributed by atoms with Crippen LogP contribution in [0.4, 0.5) is 11.4 Å². The van der Waals surface area contributed by atoms with Gasteiger partial charge in [0.05, 0.1) is 5.52 Å². The van der Waals surface area contributed by atoms with E-state index in [2.05, 4.69) is 15.6 Å². The summed E-state index contributed by atoms with van der Waals surface area (Å²) in [6.07, 6.45) is 2.48. The summed E-state index contributed by atoms with van der Waals surface area (Å²) in [4.78, 5) is 16.8. The standard InChI is InChI=1S/C24H21N3O2/c28-22-9-6-17(7-10-22)12-14-26-24(29)19-3-1-5-20(16-19)27-21-8-11-23-18(15-21)4-2-13-25-23/h1-11,13,15-16,27-28H,12,14H2,(H,26,29). The minimum atomic E-state index is -0.116. The van der Waals surface area contributed by atoms with Crippen LogP contribution >= 0.6 is 0 Å². The quantitative estimate of drug-likeness (QED) is 0.453. The molecule has 0 aliphatic heterocycles. The highest BCUT2D eigenvalue weighted by Crippen LogP contribution is 2.22. The molecule has 0 unspecified atom stereocenters. The smallest absolute Gasteiger partial charge is 0.251 e. The lowest BCUT2D eigenvalue weighted by atomic mass is 10.1. The fourth-order valence-electron chi connectivity index (χ4n) is 3.14. The summed E-state index contributed by atoms with van der Waals surface area (Å²) in [6, 6.07) is 24.3. The Kier molecular flexibility index (Phi) is 5.38. The number of anilines is 2. The molecule has 1 aromatic heterocycles. The van der Waals surface area contributed by atoms with Crippen molar-refractivity contribution in [3.63, 3.8) is 0 Å². The maximum absolute atomic E-state index is 12.5. The molecule has 0 fully saturated rings. The zero-order chi connectivity index (χ0) is 20.1. The van der Waals surface area contributed by atoms with Gasteiger partial charge < -0.3 is 15.7 Å². The van der Waals surface area contributed by atoms with Crippen LogP contribution < -0.4 is 10.6 Å². The van der Waals surface area contributed by atoms with Crippen LogP contribution in [0.1, 0.15) is 15.9 Å². The number of phenols is 1. The van der Waals surface area contributed by atoms with Crippen molar-refractivity contribution in [3.8, 4) is 5.75 Å². The third kappa shape index (κ3) is 4.71. The van der Waals surface area contributed by atoms with E-state index in [-0.39, 0.29) is 11.7 Å². The second-order valence-electron chi connectivity index (χ2n) is 6.79. The number of aromatic nitrogens is 1. The lowest BCUT2D eigenvalue weighted by molar-refractivity contribution is 0.0954. The van der Waals surface area contributed by atoms with E-state index < -0.39 is 0 Å². The first-order chi connectivity index (χ1) is 14.2. The first-order valence-electron chi connectivity index (χ1n) is 9.45. The molecule has 0 atom stereocenters. The molecule has 1 amide bonds. The van der Waals surface area contributed by atoms with Crippen molar-refractivity contribution in [2.75, 3.05) is 11.9 Å². The third-order valence-electron chi connectivity index (χ3n) is 4.65. The maximum atomic E-state index is 12.5. The second kappa shape index (κ2) is 8.44. The van der Waals surface area contributed by atoms with Gasteiger partial charge in [0.2, 0.25) is 0 Å². The number of nitrogens with zero attached hydrogens (tertiary/aromatic N) is 1. The Morgan fingerprint density at radius 3 is 2.59 bits per heavy atom. The van der Waals surface area contributed by atoms with Crippen LogP contribution in [0.15, 0.2) is 85.1 Å². The summed E-state index contributed by atoms with van der Waals surface area (Å²) in [6.45, 7) is 0.527. The fraction of sp³-hybridized carbons (Fsp3) is 0.0833. The van der Waals surface area contributed by atoms with E-state index in [0.717, 1.165) is 27.8 Å². The summed E-state index contributed by atoms with van der Waals surface area (Å²) in [5.74, 6) is 0.125. The van der Waals surface area contributed by atoms with Gasteiger partial charge in [0, 0.05) is 35.1 Å². The van der Waals surface area contributed by atoms with Crippen molar-refractivity contribution in [1.29, 1.82) is 0 Å². The number of nitrogens with one attached hydrogen (secondary N) is 2. The lowest BCUT2D eigenvalue weighted by Crippen LogP contribution is -2.25. The second-order valence-corrected chi connectivity index (χ2v) is 6.79. The number of benzene rings is 3. The largest absolute Gasteiger partial charge is 0.508 e. The van der Waals surface area contributed by atoms with Crippen molar-refractivity contribution in [1.82, 2.24) is 10.3 Å². The Hall–Kier alpha value is -3.86. The molecular formula is C24H21N3O2. The molecule has 29 heavy (non-hydrogen) atoms. The molecule has 144 valence electrons. The number of amides is 1. The summed E-state index contributed by atoms with van der Waals surface area (Å²) < 4.78 is 0. The molecule has 0 saturated heterocycles.